The predicted molar refractivity (Wildman–Crippen MR) is 68.6 cm³/mol. The van der Waals surface area contributed by atoms with Gasteiger partial charge in [-0.15, -0.1) is 0 Å². The highest BCUT2D eigenvalue weighted by Gasteiger charge is 2.35. The van der Waals surface area contributed by atoms with Crippen LogP contribution >= 0.6 is 0 Å². The first-order valence-corrected chi connectivity index (χ1v) is 6.62. The van der Waals surface area contributed by atoms with Crippen LogP contribution < -0.4 is 9.47 Å². The SMILES string of the molecule is O=C1CCCC(=O)C1C(=O)Cc1ccc2c(c1)OCO2. The average Bonchev–Trinajstić information content (AvgIpc) is 2.85. The molecule has 1 aliphatic carbocycles. The second-order valence-corrected chi connectivity index (χ2v) is 5.05. The molecule has 1 aliphatic heterocycles. The van der Waals surface area contributed by atoms with Crippen LogP contribution in [0, 0.1) is 5.92 Å². The number of hydrogen-bond acceptors (Lipinski definition) is 5. The molecule has 5 nitrogen and oxygen atoms in total. The van der Waals surface area contributed by atoms with E-state index in [0.29, 0.717) is 30.8 Å². The van der Waals surface area contributed by atoms with Gasteiger partial charge in [0.1, 0.15) is 5.92 Å². The van der Waals surface area contributed by atoms with Crippen molar-refractivity contribution >= 4 is 17.3 Å². The van der Waals surface area contributed by atoms with Crippen LogP contribution in [0.25, 0.3) is 0 Å². The smallest absolute Gasteiger partial charge is 0.231 e. The third-order valence-corrected chi connectivity index (χ3v) is 3.63. The normalized spacial score (nSPS) is 18.4. The van der Waals surface area contributed by atoms with E-state index in [2.05, 4.69) is 0 Å². The number of ketones is 3. The molecule has 1 heterocycles. The van der Waals surface area contributed by atoms with E-state index in [-0.39, 0.29) is 30.6 Å². The molecule has 0 radical (unpaired) electrons. The van der Waals surface area contributed by atoms with Gasteiger partial charge in [-0.1, -0.05) is 6.07 Å². The molecule has 104 valence electrons. The fraction of sp³-hybridized carbons (Fsp3) is 0.400. The molecule has 0 amide bonds. The predicted octanol–water partition coefficient (Wildman–Crippen LogP) is 1.47. The Kier molecular flexibility index (Phi) is 3.26. The zero-order valence-electron chi connectivity index (χ0n) is 10.9. The Labute approximate surface area is 115 Å². The lowest BCUT2D eigenvalue weighted by molar-refractivity contribution is -0.141. The first kappa shape index (κ1) is 12.8. The summed E-state index contributed by atoms with van der Waals surface area (Å²) in [5, 5.41) is 0. The van der Waals surface area contributed by atoms with Gasteiger partial charge in [-0.2, -0.15) is 0 Å². The summed E-state index contributed by atoms with van der Waals surface area (Å²) in [6, 6.07) is 5.21. The molecular formula is C15H14O5. The standard InChI is InChI=1S/C15H14O5/c16-10-2-1-3-11(17)15(10)12(18)6-9-4-5-13-14(7-9)20-8-19-13/h4-5,7,15H,1-3,6,8H2. The molecule has 20 heavy (non-hydrogen) atoms. The highest BCUT2D eigenvalue weighted by atomic mass is 16.7. The van der Waals surface area contributed by atoms with E-state index in [1.807, 2.05) is 0 Å². The van der Waals surface area contributed by atoms with Crippen molar-refractivity contribution in [3.05, 3.63) is 23.8 Å². The summed E-state index contributed by atoms with van der Waals surface area (Å²) in [5.41, 5.74) is 0.727. The summed E-state index contributed by atoms with van der Waals surface area (Å²) in [7, 11) is 0. The quantitative estimate of drug-likeness (QED) is 0.780. The monoisotopic (exact) mass is 274 g/mol. The molecule has 0 atom stereocenters. The molecule has 1 saturated carbocycles. The Balaban J connectivity index is 1.75. The van der Waals surface area contributed by atoms with Gasteiger partial charge in [0.15, 0.2) is 28.8 Å². The molecule has 0 N–H and O–H groups in total. The van der Waals surface area contributed by atoms with Gasteiger partial charge in [-0.25, -0.2) is 0 Å². The lowest BCUT2D eigenvalue weighted by Gasteiger charge is -2.18. The zero-order chi connectivity index (χ0) is 14.1. The van der Waals surface area contributed by atoms with Crippen molar-refractivity contribution in [3.8, 4) is 11.5 Å². The van der Waals surface area contributed by atoms with Crippen LogP contribution in [0.1, 0.15) is 24.8 Å². The lowest BCUT2D eigenvalue weighted by Crippen LogP contribution is -2.36. The van der Waals surface area contributed by atoms with Crippen molar-refractivity contribution in [2.45, 2.75) is 25.7 Å². The average molecular weight is 274 g/mol. The molecular weight excluding hydrogens is 260 g/mol. The van der Waals surface area contributed by atoms with Crippen LogP contribution in [0.2, 0.25) is 0 Å². The van der Waals surface area contributed by atoms with Gasteiger partial charge in [0.05, 0.1) is 0 Å². The van der Waals surface area contributed by atoms with Gasteiger partial charge in [0.25, 0.3) is 0 Å². The number of carbonyl (C=O) groups excluding carboxylic acids is 3. The third-order valence-electron chi connectivity index (χ3n) is 3.63. The van der Waals surface area contributed by atoms with Gasteiger partial charge >= 0.3 is 0 Å². The zero-order valence-corrected chi connectivity index (χ0v) is 10.9. The first-order chi connectivity index (χ1) is 9.65. The number of rotatable bonds is 3. The Hall–Kier alpha value is -2.17. The van der Waals surface area contributed by atoms with E-state index in [1.54, 1.807) is 18.2 Å². The van der Waals surface area contributed by atoms with Crippen LogP contribution in [0.3, 0.4) is 0 Å². The van der Waals surface area contributed by atoms with Crippen LogP contribution in [-0.2, 0) is 20.8 Å². The minimum Gasteiger partial charge on any atom is -0.454 e. The third kappa shape index (κ3) is 2.31. The largest absolute Gasteiger partial charge is 0.454 e. The number of Topliss-reactive ketones (excluding diaryl/α,β-unsaturated/α-hetero) is 3. The number of fused-ring (bicyclic) bond motifs is 1. The molecule has 0 saturated heterocycles. The Morgan fingerprint density at radius 1 is 1.10 bits per heavy atom. The summed E-state index contributed by atoms with van der Waals surface area (Å²) in [4.78, 5) is 35.6. The molecule has 1 fully saturated rings. The first-order valence-electron chi connectivity index (χ1n) is 6.62. The fourth-order valence-corrected chi connectivity index (χ4v) is 2.62. The van der Waals surface area contributed by atoms with Crippen molar-refractivity contribution in [2.24, 2.45) is 5.92 Å². The van der Waals surface area contributed by atoms with Gasteiger partial charge in [-0.05, 0) is 24.1 Å². The molecule has 0 spiro atoms. The van der Waals surface area contributed by atoms with E-state index < -0.39 is 5.92 Å². The van der Waals surface area contributed by atoms with Crippen molar-refractivity contribution < 1.29 is 23.9 Å². The summed E-state index contributed by atoms with van der Waals surface area (Å²) < 4.78 is 10.4. The topological polar surface area (TPSA) is 69.7 Å². The minimum absolute atomic E-state index is 0.0682. The Morgan fingerprint density at radius 3 is 2.55 bits per heavy atom. The van der Waals surface area contributed by atoms with Crippen molar-refractivity contribution in [2.75, 3.05) is 6.79 Å². The van der Waals surface area contributed by atoms with Crippen molar-refractivity contribution in [1.82, 2.24) is 0 Å². The van der Waals surface area contributed by atoms with Gasteiger partial charge in [0.2, 0.25) is 6.79 Å². The maximum atomic E-state index is 12.2. The van der Waals surface area contributed by atoms with Crippen LogP contribution in [0.15, 0.2) is 18.2 Å². The minimum atomic E-state index is -1.06. The summed E-state index contributed by atoms with van der Waals surface area (Å²) in [6.45, 7) is 0.173. The summed E-state index contributed by atoms with van der Waals surface area (Å²) >= 11 is 0. The Morgan fingerprint density at radius 2 is 1.80 bits per heavy atom. The van der Waals surface area contributed by atoms with Crippen molar-refractivity contribution in [1.29, 1.82) is 0 Å². The number of carbonyl (C=O) groups is 3. The van der Waals surface area contributed by atoms with E-state index in [4.69, 9.17) is 9.47 Å². The van der Waals surface area contributed by atoms with E-state index in [0.717, 1.165) is 5.56 Å². The van der Waals surface area contributed by atoms with Gasteiger partial charge < -0.3 is 9.47 Å². The van der Waals surface area contributed by atoms with Crippen LogP contribution in [-0.4, -0.2) is 24.1 Å². The number of ether oxygens (including phenoxy) is 2. The fourth-order valence-electron chi connectivity index (χ4n) is 2.62. The van der Waals surface area contributed by atoms with Gasteiger partial charge in [0, 0.05) is 19.3 Å². The maximum Gasteiger partial charge on any atom is 0.231 e. The highest BCUT2D eigenvalue weighted by molar-refractivity contribution is 6.20. The van der Waals surface area contributed by atoms with Crippen molar-refractivity contribution in [3.63, 3.8) is 0 Å². The van der Waals surface area contributed by atoms with Crippen LogP contribution in [0.4, 0.5) is 0 Å². The molecule has 5 heteroatoms. The molecule has 0 aromatic heterocycles. The summed E-state index contributed by atoms with van der Waals surface area (Å²) in [6.07, 6.45) is 1.27. The molecule has 2 aliphatic rings. The number of benzene rings is 1. The molecule has 3 rings (SSSR count). The second-order valence-electron chi connectivity index (χ2n) is 5.05. The highest BCUT2D eigenvalue weighted by Crippen LogP contribution is 2.33. The summed E-state index contributed by atoms with van der Waals surface area (Å²) in [5.74, 6) is -0.630. The lowest BCUT2D eigenvalue weighted by atomic mass is 9.82. The number of hydrogen-bond donors (Lipinski definition) is 0. The van der Waals surface area contributed by atoms with Gasteiger partial charge in [-0.3, -0.25) is 14.4 Å². The van der Waals surface area contributed by atoms with Crippen LogP contribution in [0.5, 0.6) is 11.5 Å². The Bertz CT molecular complexity index is 574. The molecule has 0 bridgehead atoms. The maximum absolute atomic E-state index is 12.2. The molecule has 1 aromatic carbocycles. The molecule has 1 aromatic rings. The van der Waals surface area contributed by atoms with E-state index in [1.165, 1.54) is 0 Å². The van der Waals surface area contributed by atoms with E-state index >= 15 is 0 Å². The van der Waals surface area contributed by atoms with E-state index in [9.17, 15) is 14.4 Å². The second kappa shape index (κ2) is 5.07. The molecule has 0 unspecified atom stereocenters.